The number of rotatable bonds is 8. The standard InChI is InChI=1S/C28H30N2O5S2/c1-7-34-27(32)24-17(4)29-28-30(25(24)19-10-13-21(35-16(2)3)22(15-19)33-5)26(31)23(37-28)14-18-8-11-20(36-6)12-9-18/h8-16,25H,7H2,1-6H3/b23-14-/t25-/m0/s1. The highest BCUT2D eigenvalue weighted by Gasteiger charge is 2.34. The Morgan fingerprint density at radius 3 is 2.54 bits per heavy atom. The summed E-state index contributed by atoms with van der Waals surface area (Å²) in [6, 6.07) is 12.7. The number of hydrogen-bond donors (Lipinski definition) is 0. The van der Waals surface area contributed by atoms with Gasteiger partial charge in [-0.05, 0) is 75.4 Å². The predicted octanol–water partition coefficient (Wildman–Crippen LogP) is 4.32. The van der Waals surface area contributed by atoms with Crippen LogP contribution in [-0.2, 0) is 9.53 Å². The van der Waals surface area contributed by atoms with Gasteiger partial charge in [0.25, 0.3) is 5.56 Å². The molecule has 0 radical (unpaired) electrons. The van der Waals surface area contributed by atoms with E-state index in [-0.39, 0.29) is 18.3 Å². The molecule has 2 heterocycles. The normalized spacial score (nSPS) is 15.4. The van der Waals surface area contributed by atoms with Crippen LogP contribution in [0.5, 0.6) is 11.5 Å². The molecule has 0 spiro atoms. The van der Waals surface area contributed by atoms with E-state index in [1.54, 1.807) is 49.4 Å². The van der Waals surface area contributed by atoms with Gasteiger partial charge in [-0.15, -0.1) is 11.8 Å². The Balaban J connectivity index is 1.92. The molecule has 0 saturated heterocycles. The van der Waals surface area contributed by atoms with E-state index in [0.717, 1.165) is 10.5 Å². The molecular formula is C28H30N2O5S2. The maximum atomic E-state index is 13.8. The lowest BCUT2D eigenvalue weighted by Crippen LogP contribution is -2.40. The number of carbonyl (C=O) groups excluding carboxylic acids is 1. The van der Waals surface area contributed by atoms with Crippen molar-refractivity contribution in [1.29, 1.82) is 0 Å². The van der Waals surface area contributed by atoms with E-state index in [2.05, 4.69) is 4.99 Å². The van der Waals surface area contributed by atoms with Crippen molar-refractivity contribution in [1.82, 2.24) is 4.57 Å². The Hall–Kier alpha value is -3.30. The van der Waals surface area contributed by atoms with Crippen LogP contribution in [0.25, 0.3) is 6.08 Å². The minimum Gasteiger partial charge on any atom is -0.493 e. The Labute approximate surface area is 224 Å². The van der Waals surface area contributed by atoms with Gasteiger partial charge < -0.3 is 14.2 Å². The largest absolute Gasteiger partial charge is 0.493 e. The number of ether oxygens (including phenoxy) is 3. The molecule has 0 amide bonds. The second-order valence-corrected chi connectivity index (χ2v) is 10.5. The number of thiazole rings is 1. The zero-order valence-electron chi connectivity index (χ0n) is 21.7. The first kappa shape index (κ1) is 26.8. The fourth-order valence-corrected chi connectivity index (χ4v) is 5.62. The van der Waals surface area contributed by atoms with E-state index >= 15 is 0 Å². The van der Waals surface area contributed by atoms with Gasteiger partial charge >= 0.3 is 5.97 Å². The summed E-state index contributed by atoms with van der Waals surface area (Å²) >= 11 is 2.96. The minimum atomic E-state index is -0.724. The Kier molecular flexibility index (Phi) is 8.24. The molecule has 0 fully saturated rings. The van der Waals surface area contributed by atoms with Crippen LogP contribution >= 0.6 is 23.1 Å². The topological polar surface area (TPSA) is 79.1 Å². The first-order valence-electron chi connectivity index (χ1n) is 12.0. The monoisotopic (exact) mass is 538 g/mol. The van der Waals surface area contributed by atoms with E-state index in [1.165, 1.54) is 11.3 Å². The van der Waals surface area contributed by atoms with Gasteiger partial charge in [0, 0.05) is 4.90 Å². The second-order valence-electron chi connectivity index (χ2n) is 8.65. The molecule has 1 atom stereocenters. The number of allylic oxidation sites excluding steroid dienone is 1. The van der Waals surface area contributed by atoms with Crippen molar-refractivity contribution in [3.8, 4) is 11.5 Å². The highest BCUT2D eigenvalue weighted by Crippen LogP contribution is 2.36. The van der Waals surface area contributed by atoms with Crippen LogP contribution in [0, 0.1) is 0 Å². The molecule has 0 unspecified atom stereocenters. The number of nitrogens with zero attached hydrogens (tertiary/aromatic N) is 2. The fraction of sp³-hybridized carbons (Fsp3) is 0.321. The number of aromatic nitrogens is 1. The van der Waals surface area contributed by atoms with Gasteiger partial charge in [0.2, 0.25) is 0 Å². The third kappa shape index (κ3) is 5.52. The van der Waals surface area contributed by atoms with Crippen molar-refractivity contribution in [3.63, 3.8) is 0 Å². The molecule has 2 aromatic carbocycles. The number of esters is 1. The molecule has 9 heteroatoms. The van der Waals surface area contributed by atoms with Crippen molar-refractivity contribution in [2.24, 2.45) is 4.99 Å². The molecule has 0 saturated carbocycles. The Bertz CT molecular complexity index is 1520. The van der Waals surface area contributed by atoms with Crippen molar-refractivity contribution in [2.75, 3.05) is 20.0 Å². The third-order valence-electron chi connectivity index (χ3n) is 5.80. The molecule has 0 bridgehead atoms. The van der Waals surface area contributed by atoms with Crippen LogP contribution in [0.2, 0.25) is 0 Å². The van der Waals surface area contributed by atoms with Crippen molar-refractivity contribution in [2.45, 2.75) is 44.7 Å². The molecule has 37 heavy (non-hydrogen) atoms. The highest BCUT2D eigenvalue weighted by molar-refractivity contribution is 7.98. The zero-order chi connectivity index (χ0) is 26.7. The van der Waals surface area contributed by atoms with Crippen LogP contribution in [-0.4, -0.2) is 36.6 Å². The second kappa shape index (κ2) is 11.4. The predicted molar refractivity (Wildman–Crippen MR) is 147 cm³/mol. The van der Waals surface area contributed by atoms with E-state index in [9.17, 15) is 9.59 Å². The van der Waals surface area contributed by atoms with Gasteiger partial charge in [0.05, 0.1) is 41.7 Å². The van der Waals surface area contributed by atoms with Crippen LogP contribution in [0.1, 0.15) is 44.9 Å². The van der Waals surface area contributed by atoms with Crippen LogP contribution < -0.4 is 24.4 Å². The van der Waals surface area contributed by atoms with Gasteiger partial charge in [-0.3, -0.25) is 9.36 Å². The Morgan fingerprint density at radius 2 is 1.92 bits per heavy atom. The van der Waals surface area contributed by atoms with Gasteiger partial charge in [-0.2, -0.15) is 0 Å². The number of hydrogen-bond acceptors (Lipinski definition) is 8. The van der Waals surface area contributed by atoms with E-state index < -0.39 is 12.0 Å². The van der Waals surface area contributed by atoms with Crippen LogP contribution in [0.4, 0.5) is 0 Å². The molecule has 1 aromatic heterocycles. The zero-order valence-corrected chi connectivity index (χ0v) is 23.4. The fourth-order valence-electron chi connectivity index (χ4n) is 4.16. The van der Waals surface area contributed by atoms with Gasteiger partial charge in [-0.1, -0.05) is 29.5 Å². The summed E-state index contributed by atoms with van der Waals surface area (Å²) in [5.41, 5.74) is 2.23. The molecule has 0 N–H and O–H groups in total. The Morgan fingerprint density at radius 1 is 1.19 bits per heavy atom. The SMILES string of the molecule is CCOC(=O)C1=C(C)N=c2s/c(=C\c3ccc(SC)cc3)c(=O)n2[C@H]1c1ccc(OC(C)C)c(OC)c1. The van der Waals surface area contributed by atoms with Crippen LogP contribution in [0.3, 0.4) is 0 Å². The number of methoxy groups -OCH3 is 1. The number of benzene rings is 2. The minimum absolute atomic E-state index is 0.0420. The lowest BCUT2D eigenvalue weighted by Gasteiger charge is -2.25. The van der Waals surface area contributed by atoms with Crippen LogP contribution in [0.15, 0.2) is 68.4 Å². The maximum absolute atomic E-state index is 13.8. The summed E-state index contributed by atoms with van der Waals surface area (Å²) in [7, 11) is 1.56. The molecule has 4 rings (SSSR count). The molecule has 3 aromatic rings. The van der Waals surface area contributed by atoms with E-state index in [4.69, 9.17) is 14.2 Å². The van der Waals surface area contributed by atoms with Gasteiger partial charge in [0.1, 0.15) is 0 Å². The molecule has 7 nitrogen and oxygen atoms in total. The summed E-state index contributed by atoms with van der Waals surface area (Å²) < 4.78 is 19.0. The van der Waals surface area contributed by atoms with Crippen molar-refractivity contribution < 1.29 is 19.0 Å². The average molecular weight is 539 g/mol. The van der Waals surface area contributed by atoms with Crippen molar-refractivity contribution >= 4 is 35.1 Å². The molecule has 1 aliphatic rings. The molecule has 194 valence electrons. The summed E-state index contributed by atoms with van der Waals surface area (Å²) in [5.74, 6) is 0.595. The highest BCUT2D eigenvalue weighted by atomic mass is 32.2. The quantitative estimate of drug-likeness (QED) is 0.314. The van der Waals surface area contributed by atoms with Crippen molar-refractivity contribution in [3.05, 3.63) is 84.5 Å². The third-order valence-corrected chi connectivity index (χ3v) is 7.52. The van der Waals surface area contributed by atoms with E-state index in [1.807, 2.05) is 56.5 Å². The maximum Gasteiger partial charge on any atom is 0.338 e. The first-order valence-corrected chi connectivity index (χ1v) is 14.0. The summed E-state index contributed by atoms with van der Waals surface area (Å²) in [5, 5.41) is 0. The smallest absolute Gasteiger partial charge is 0.338 e. The summed E-state index contributed by atoms with van der Waals surface area (Å²) in [6.07, 6.45) is 3.83. The molecule has 0 aliphatic carbocycles. The lowest BCUT2D eigenvalue weighted by atomic mass is 9.95. The molecule has 1 aliphatic heterocycles. The number of thioether (sulfide) groups is 1. The number of fused-ring (bicyclic) bond motifs is 1. The van der Waals surface area contributed by atoms with E-state index in [0.29, 0.717) is 37.7 Å². The summed E-state index contributed by atoms with van der Waals surface area (Å²) in [4.78, 5) is 33.2. The van der Waals surface area contributed by atoms with Gasteiger partial charge in [-0.25, -0.2) is 9.79 Å². The number of carbonyl (C=O) groups is 1. The van der Waals surface area contributed by atoms with Gasteiger partial charge in [0.15, 0.2) is 16.3 Å². The molecular weight excluding hydrogens is 508 g/mol. The first-order chi connectivity index (χ1) is 17.8. The summed E-state index contributed by atoms with van der Waals surface area (Å²) in [6.45, 7) is 7.60. The lowest BCUT2D eigenvalue weighted by molar-refractivity contribution is -0.139. The average Bonchev–Trinajstić information content (AvgIpc) is 3.17.